The second-order valence-electron chi connectivity index (χ2n) is 4.85. The Kier molecular flexibility index (Phi) is 3.91. The van der Waals surface area contributed by atoms with Gasteiger partial charge in [0.2, 0.25) is 0 Å². The van der Waals surface area contributed by atoms with Gasteiger partial charge in [-0.25, -0.2) is 9.97 Å². The molecule has 0 saturated heterocycles. The fraction of sp³-hybridized carbons (Fsp3) is 0.667. The second kappa shape index (κ2) is 5.42. The van der Waals surface area contributed by atoms with Crippen molar-refractivity contribution in [3.8, 4) is 0 Å². The summed E-state index contributed by atoms with van der Waals surface area (Å²) in [5, 5.41) is 9.77. The number of nitrogens with zero attached hydrogens (tertiary/aromatic N) is 3. The molecule has 0 radical (unpaired) electrons. The van der Waals surface area contributed by atoms with E-state index in [-0.39, 0.29) is 6.10 Å². The summed E-state index contributed by atoms with van der Waals surface area (Å²) in [6.45, 7) is 1.56. The zero-order chi connectivity index (χ0) is 12.3. The minimum absolute atomic E-state index is 0.140. The van der Waals surface area contributed by atoms with E-state index in [4.69, 9.17) is 5.73 Å². The zero-order valence-corrected chi connectivity index (χ0v) is 10.2. The first kappa shape index (κ1) is 12.3. The lowest BCUT2D eigenvalue weighted by Gasteiger charge is -2.22. The Bertz CT molecular complexity index is 371. The van der Waals surface area contributed by atoms with Crippen LogP contribution in [0.4, 0.5) is 5.82 Å². The van der Waals surface area contributed by atoms with Crippen LogP contribution >= 0.6 is 0 Å². The van der Waals surface area contributed by atoms with E-state index in [1.807, 2.05) is 7.05 Å². The highest BCUT2D eigenvalue weighted by molar-refractivity contribution is 5.24. The van der Waals surface area contributed by atoms with Crippen LogP contribution in [0.2, 0.25) is 0 Å². The van der Waals surface area contributed by atoms with Crippen LogP contribution in [0.1, 0.15) is 25.1 Å². The number of aromatic nitrogens is 2. The molecule has 1 aliphatic rings. The summed E-state index contributed by atoms with van der Waals surface area (Å²) in [6, 6.07) is 1.68. The molecule has 1 saturated carbocycles. The van der Waals surface area contributed by atoms with Gasteiger partial charge in [-0.2, -0.15) is 0 Å². The highest BCUT2D eigenvalue weighted by Gasteiger charge is 2.26. The van der Waals surface area contributed by atoms with Gasteiger partial charge < -0.3 is 10.8 Å². The molecule has 1 aromatic rings. The van der Waals surface area contributed by atoms with Crippen molar-refractivity contribution in [3.63, 3.8) is 0 Å². The van der Waals surface area contributed by atoms with Gasteiger partial charge in [0.05, 0.1) is 12.6 Å². The molecule has 0 aliphatic heterocycles. The number of aliphatic hydroxyl groups excluding tert-OH is 1. The Morgan fingerprint density at radius 2 is 2.35 bits per heavy atom. The highest BCUT2D eigenvalue weighted by Crippen LogP contribution is 2.26. The molecule has 0 amide bonds. The van der Waals surface area contributed by atoms with Gasteiger partial charge in [-0.3, -0.25) is 4.90 Å². The highest BCUT2D eigenvalue weighted by atomic mass is 16.3. The third-order valence-corrected chi connectivity index (χ3v) is 3.30. The van der Waals surface area contributed by atoms with Crippen molar-refractivity contribution >= 4 is 5.82 Å². The normalized spacial score (nSPS) is 24.4. The molecular formula is C12H20N4O. The van der Waals surface area contributed by atoms with Gasteiger partial charge in [0.1, 0.15) is 11.6 Å². The van der Waals surface area contributed by atoms with Crippen LogP contribution in [0.25, 0.3) is 0 Å². The first-order valence-electron chi connectivity index (χ1n) is 6.09. The van der Waals surface area contributed by atoms with Crippen LogP contribution in [0.5, 0.6) is 0 Å². The molecule has 1 heterocycles. The lowest BCUT2D eigenvalue weighted by atomic mass is 10.1. The first-order chi connectivity index (χ1) is 8.15. The largest absolute Gasteiger partial charge is 0.393 e. The summed E-state index contributed by atoms with van der Waals surface area (Å²) in [5.41, 5.74) is 5.61. The van der Waals surface area contributed by atoms with Crippen molar-refractivity contribution in [2.45, 2.75) is 31.9 Å². The van der Waals surface area contributed by atoms with Crippen molar-refractivity contribution in [1.82, 2.24) is 14.9 Å². The molecular weight excluding hydrogens is 216 g/mol. The number of aliphatic hydroxyl groups is 1. The summed E-state index contributed by atoms with van der Waals surface area (Å²) in [5.74, 6) is 1.63. The van der Waals surface area contributed by atoms with Gasteiger partial charge in [-0.05, 0) is 31.9 Å². The molecule has 2 atom stereocenters. The van der Waals surface area contributed by atoms with E-state index in [9.17, 15) is 5.11 Å². The SMILES string of the molecule is CN(Cc1nccc(N)n1)CC1CCCC1O. The zero-order valence-electron chi connectivity index (χ0n) is 10.2. The van der Waals surface area contributed by atoms with Crippen molar-refractivity contribution in [2.24, 2.45) is 5.92 Å². The topological polar surface area (TPSA) is 75.3 Å². The van der Waals surface area contributed by atoms with Crippen LogP contribution < -0.4 is 5.73 Å². The Balaban J connectivity index is 1.86. The number of rotatable bonds is 4. The van der Waals surface area contributed by atoms with Gasteiger partial charge in [0, 0.05) is 12.7 Å². The predicted octanol–water partition coefficient (Wildman–Crippen LogP) is 0.652. The van der Waals surface area contributed by atoms with E-state index in [1.54, 1.807) is 12.3 Å². The molecule has 94 valence electrons. The molecule has 5 nitrogen and oxygen atoms in total. The van der Waals surface area contributed by atoms with E-state index in [0.717, 1.165) is 31.6 Å². The van der Waals surface area contributed by atoms with Crippen molar-refractivity contribution < 1.29 is 5.11 Å². The molecule has 1 aromatic heterocycles. The fourth-order valence-corrected chi connectivity index (χ4v) is 2.43. The monoisotopic (exact) mass is 236 g/mol. The van der Waals surface area contributed by atoms with Crippen molar-refractivity contribution in [2.75, 3.05) is 19.3 Å². The van der Waals surface area contributed by atoms with Crippen LogP contribution in [0.15, 0.2) is 12.3 Å². The number of nitrogens with two attached hydrogens (primary N) is 1. The first-order valence-corrected chi connectivity index (χ1v) is 6.09. The number of hydrogen-bond donors (Lipinski definition) is 2. The van der Waals surface area contributed by atoms with E-state index in [2.05, 4.69) is 14.9 Å². The second-order valence-corrected chi connectivity index (χ2v) is 4.85. The van der Waals surface area contributed by atoms with Gasteiger partial charge >= 0.3 is 0 Å². The van der Waals surface area contributed by atoms with Crippen LogP contribution in [0, 0.1) is 5.92 Å². The quantitative estimate of drug-likeness (QED) is 0.803. The van der Waals surface area contributed by atoms with Gasteiger partial charge in [0.15, 0.2) is 0 Å². The molecule has 2 unspecified atom stereocenters. The van der Waals surface area contributed by atoms with Gasteiger partial charge in [-0.1, -0.05) is 6.42 Å². The Hall–Kier alpha value is -1.20. The van der Waals surface area contributed by atoms with Crippen molar-refractivity contribution in [3.05, 3.63) is 18.1 Å². The molecule has 0 aromatic carbocycles. The number of anilines is 1. The van der Waals surface area contributed by atoms with E-state index < -0.39 is 0 Å². The van der Waals surface area contributed by atoms with Crippen LogP contribution in [0.3, 0.4) is 0 Å². The Labute approximate surface area is 102 Å². The number of hydrogen-bond acceptors (Lipinski definition) is 5. The summed E-state index contributed by atoms with van der Waals surface area (Å²) in [4.78, 5) is 10.5. The fourth-order valence-electron chi connectivity index (χ4n) is 2.43. The van der Waals surface area contributed by atoms with Crippen LogP contribution in [-0.2, 0) is 6.54 Å². The third-order valence-electron chi connectivity index (χ3n) is 3.30. The Morgan fingerprint density at radius 1 is 1.53 bits per heavy atom. The van der Waals surface area contributed by atoms with E-state index in [1.165, 1.54) is 0 Å². The smallest absolute Gasteiger partial charge is 0.144 e. The average Bonchev–Trinajstić information content (AvgIpc) is 2.64. The molecule has 2 rings (SSSR count). The lowest BCUT2D eigenvalue weighted by molar-refractivity contribution is 0.107. The number of nitrogen functional groups attached to an aromatic ring is 1. The molecule has 1 aliphatic carbocycles. The summed E-state index contributed by atoms with van der Waals surface area (Å²) in [7, 11) is 2.03. The maximum absolute atomic E-state index is 9.77. The molecule has 0 spiro atoms. The molecule has 0 bridgehead atoms. The van der Waals surface area contributed by atoms with Gasteiger partial charge in [-0.15, -0.1) is 0 Å². The maximum atomic E-state index is 9.77. The molecule has 5 heteroatoms. The van der Waals surface area contributed by atoms with Crippen molar-refractivity contribution in [1.29, 1.82) is 0 Å². The van der Waals surface area contributed by atoms with Crippen LogP contribution in [-0.4, -0.2) is 39.7 Å². The maximum Gasteiger partial charge on any atom is 0.144 e. The average molecular weight is 236 g/mol. The molecule has 17 heavy (non-hydrogen) atoms. The minimum Gasteiger partial charge on any atom is -0.393 e. The Morgan fingerprint density at radius 3 is 3.00 bits per heavy atom. The predicted molar refractivity (Wildman–Crippen MR) is 66.1 cm³/mol. The minimum atomic E-state index is -0.140. The summed E-state index contributed by atoms with van der Waals surface area (Å²) in [6.07, 6.45) is 4.72. The lowest BCUT2D eigenvalue weighted by Crippen LogP contribution is -2.30. The summed E-state index contributed by atoms with van der Waals surface area (Å²) >= 11 is 0. The molecule has 1 fully saturated rings. The van der Waals surface area contributed by atoms with E-state index >= 15 is 0 Å². The molecule has 3 N–H and O–H groups in total. The standard InChI is InChI=1S/C12H20N4O/c1-16(7-9-3-2-4-10(9)17)8-12-14-6-5-11(13)15-12/h5-6,9-10,17H,2-4,7-8H2,1H3,(H2,13,14,15). The summed E-state index contributed by atoms with van der Waals surface area (Å²) < 4.78 is 0. The van der Waals surface area contributed by atoms with E-state index in [0.29, 0.717) is 18.3 Å². The third kappa shape index (κ3) is 3.38. The van der Waals surface area contributed by atoms with Gasteiger partial charge in [0.25, 0.3) is 0 Å².